The molecule has 0 atom stereocenters. The van der Waals surface area contributed by atoms with E-state index in [1.807, 2.05) is 51.1 Å². The molecule has 2 rings (SSSR count). The van der Waals surface area contributed by atoms with Gasteiger partial charge in [0.2, 0.25) is 5.82 Å². The minimum atomic E-state index is -0.312. The molecule has 5 heteroatoms. The van der Waals surface area contributed by atoms with Crippen LogP contribution in [0.15, 0.2) is 30.3 Å². The van der Waals surface area contributed by atoms with Gasteiger partial charge in [-0.2, -0.15) is 0 Å². The summed E-state index contributed by atoms with van der Waals surface area (Å²) in [6.07, 6.45) is 0. The van der Waals surface area contributed by atoms with Crippen molar-refractivity contribution in [3.05, 3.63) is 42.0 Å². The van der Waals surface area contributed by atoms with Gasteiger partial charge in [-0.25, -0.2) is 4.98 Å². The summed E-state index contributed by atoms with van der Waals surface area (Å²) in [5.74, 6) is 0.539. The van der Waals surface area contributed by atoms with E-state index in [1.54, 1.807) is 0 Å². The Hall–Kier alpha value is -2.17. The van der Waals surface area contributed by atoms with Crippen LogP contribution < -0.4 is 5.32 Å². The first-order chi connectivity index (χ1) is 8.47. The van der Waals surface area contributed by atoms with Gasteiger partial charge in [0.25, 0.3) is 5.91 Å². The fourth-order valence-electron chi connectivity index (χ4n) is 1.41. The molecule has 1 aromatic carbocycles. The fourth-order valence-corrected chi connectivity index (χ4v) is 1.41. The van der Waals surface area contributed by atoms with Crippen LogP contribution in [0, 0.1) is 0 Å². The number of H-pyrrole nitrogens is 1. The van der Waals surface area contributed by atoms with Crippen LogP contribution in [0.3, 0.4) is 0 Å². The molecular formula is C13H16N4O. The van der Waals surface area contributed by atoms with E-state index >= 15 is 0 Å². The fraction of sp³-hybridized carbons (Fsp3) is 0.308. The van der Waals surface area contributed by atoms with E-state index in [4.69, 9.17) is 0 Å². The van der Waals surface area contributed by atoms with Crippen molar-refractivity contribution >= 4 is 11.6 Å². The smallest absolute Gasteiger partial charge is 0.295 e. The van der Waals surface area contributed by atoms with Crippen molar-refractivity contribution in [3.8, 4) is 0 Å². The number of anilines is 1. The second-order valence-electron chi connectivity index (χ2n) is 5.08. The third kappa shape index (κ3) is 2.74. The highest BCUT2D eigenvalue weighted by Gasteiger charge is 2.21. The number of carbonyl (C=O) groups is 1. The highest BCUT2D eigenvalue weighted by Crippen LogP contribution is 2.17. The number of aromatic amines is 1. The van der Waals surface area contributed by atoms with Crippen LogP contribution >= 0.6 is 0 Å². The Kier molecular flexibility index (Phi) is 3.14. The molecule has 0 fully saturated rings. The highest BCUT2D eigenvalue weighted by molar-refractivity contribution is 6.01. The largest absolute Gasteiger partial charge is 0.319 e. The zero-order chi connectivity index (χ0) is 13.2. The lowest BCUT2D eigenvalue weighted by atomic mass is 9.96. The lowest BCUT2D eigenvalue weighted by Crippen LogP contribution is -2.16. The van der Waals surface area contributed by atoms with Crippen LogP contribution in [-0.2, 0) is 5.41 Å². The van der Waals surface area contributed by atoms with Crippen molar-refractivity contribution in [2.45, 2.75) is 26.2 Å². The minimum absolute atomic E-state index is 0.154. The molecule has 2 N–H and O–H groups in total. The molecule has 1 aromatic heterocycles. The number of para-hydroxylation sites is 1. The summed E-state index contributed by atoms with van der Waals surface area (Å²) in [5.41, 5.74) is 0.572. The topological polar surface area (TPSA) is 70.7 Å². The summed E-state index contributed by atoms with van der Waals surface area (Å²) in [5, 5.41) is 9.46. The van der Waals surface area contributed by atoms with Gasteiger partial charge in [-0.15, -0.1) is 5.10 Å². The molecule has 0 unspecified atom stereocenters. The third-order valence-corrected chi connectivity index (χ3v) is 2.43. The molecule has 0 bridgehead atoms. The molecule has 1 amide bonds. The molecule has 5 nitrogen and oxygen atoms in total. The number of hydrogen-bond acceptors (Lipinski definition) is 3. The third-order valence-electron chi connectivity index (χ3n) is 2.43. The lowest BCUT2D eigenvalue weighted by Gasteiger charge is -2.12. The number of carbonyl (C=O) groups excluding carboxylic acids is 1. The Bertz CT molecular complexity index is 540. The molecule has 0 spiro atoms. The number of amides is 1. The van der Waals surface area contributed by atoms with Gasteiger partial charge in [0, 0.05) is 11.1 Å². The first-order valence-electron chi connectivity index (χ1n) is 5.76. The van der Waals surface area contributed by atoms with Crippen LogP contribution in [0.2, 0.25) is 0 Å². The number of hydrogen-bond donors (Lipinski definition) is 2. The van der Waals surface area contributed by atoms with Crippen LogP contribution in [0.4, 0.5) is 5.69 Å². The van der Waals surface area contributed by atoms with E-state index in [0.29, 0.717) is 5.82 Å². The van der Waals surface area contributed by atoms with Crippen LogP contribution in [0.1, 0.15) is 37.2 Å². The molecule has 94 valence electrons. The number of nitrogens with zero attached hydrogens (tertiary/aromatic N) is 2. The Morgan fingerprint density at radius 2 is 1.89 bits per heavy atom. The summed E-state index contributed by atoms with van der Waals surface area (Å²) in [7, 11) is 0. The van der Waals surface area contributed by atoms with E-state index in [1.165, 1.54) is 0 Å². The Labute approximate surface area is 106 Å². The summed E-state index contributed by atoms with van der Waals surface area (Å²) in [6, 6.07) is 9.23. The number of rotatable bonds is 2. The standard InChI is InChI=1S/C13H16N4O/c1-13(2,3)12-15-10(16-17-12)11(18)14-9-7-5-4-6-8-9/h4-8H,1-3H3,(H,14,18)(H,15,16,17). The molecule has 18 heavy (non-hydrogen) atoms. The first-order valence-corrected chi connectivity index (χ1v) is 5.76. The lowest BCUT2D eigenvalue weighted by molar-refractivity contribution is 0.101. The predicted molar refractivity (Wildman–Crippen MR) is 69.5 cm³/mol. The first kappa shape index (κ1) is 12.3. The molecule has 0 saturated heterocycles. The van der Waals surface area contributed by atoms with E-state index in [0.717, 1.165) is 5.69 Å². The van der Waals surface area contributed by atoms with Crippen molar-refractivity contribution < 1.29 is 4.79 Å². The molecule has 0 aliphatic heterocycles. The van der Waals surface area contributed by atoms with Gasteiger partial charge in [-0.3, -0.25) is 9.89 Å². The van der Waals surface area contributed by atoms with E-state index < -0.39 is 0 Å². The Morgan fingerprint density at radius 1 is 1.22 bits per heavy atom. The molecule has 1 heterocycles. The maximum absolute atomic E-state index is 11.9. The maximum atomic E-state index is 11.9. The van der Waals surface area contributed by atoms with Crippen LogP contribution in [0.25, 0.3) is 0 Å². The summed E-state index contributed by atoms with van der Waals surface area (Å²) < 4.78 is 0. The molecule has 0 aliphatic rings. The zero-order valence-corrected chi connectivity index (χ0v) is 10.7. The average molecular weight is 244 g/mol. The van der Waals surface area contributed by atoms with Crippen molar-refractivity contribution in [3.63, 3.8) is 0 Å². The van der Waals surface area contributed by atoms with E-state index in [-0.39, 0.29) is 17.1 Å². The second-order valence-corrected chi connectivity index (χ2v) is 5.08. The highest BCUT2D eigenvalue weighted by atomic mass is 16.2. The van der Waals surface area contributed by atoms with Crippen molar-refractivity contribution in [2.75, 3.05) is 5.32 Å². The second kappa shape index (κ2) is 4.60. The maximum Gasteiger partial charge on any atom is 0.295 e. The van der Waals surface area contributed by atoms with Gasteiger partial charge in [0.1, 0.15) is 5.82 Å². The van der Waals surface area contributed by atoms with Gasteiger partial charge in [0.05, 0.1) is 0 Å². The van der Waals surface area contributed by atoms with Crippen LogP contribution in [0.5, 0.6) is 0 Å². The van der Waals surface area contributed by atoms with E-state index in [2.05, 4.69) is 20.5 Å². The monoisotopic (exact) mass is 244 g/mol. The molecule has 0 radical (unpaired) electrons. The van der Waals surface area contributed by atoms with Crippen molar-refractivity contribution in [2.24, 2.45) is 0 Å². The number of benzene rings is 1. The molecule has 2 aromatic rings. The predicted octanol–water partition coefficient (Wildman–Crippen LogP) is 2.35. The van der Waals surface area contributed by atoms with Gasteiger partial charge in [0.15, 0.2) is 0 Å². The number of aromatic nitrogens is 3. The minimum Gasteiger partial charge on any atom is -0.319 e. The van der Waals surface area contributed by atoms with Crippen molar-refractivity contribution in [1.82, 2.24) is 15.2 Å². The average Bonchev–Trinajstić information content (AvgIpc) is 2.79. The normalized spacial score (nSPS) is 11.3. The molecule has 0 saturated carbocycles. The zero-order valence-electron chi connectivity index (χ0n) is 10.7. The van der Waals surface area contributed by atoms with Gasteiger partial charge >= 0.3 is 0 Å². The molecular weight excluding hydrogens is 228 g/mol. The van der Waals surface area contributed by atoms with E-state index in [9.17, 15) is 4.79 Å². The summed E-state index contributed by atoms with van der Waals surface area (Å²) in [6.45, 7) is 6.02. The van der Waals surface area contributed by atoms with Crippen molar-refractivity contribution in [1.29, 1.82) is 0 Å². The van der Waals surface area contributed by atoms with Gasteiger partial charge < -0.3 is 5.32 Å². The molecule has 0 aliphatic carbocycles. The summed E-state index contributed by atoms with van der Waals surface area (Å²) in [4.78, 5) is 16.1. The SMILES string of the molecule is CC(C)(C)c1nc(C(=O)Nc2ccccc2)n[nH]1. The number of nitrogens with one attached hydrogen (secondary N) is 2. The quantitative estimate of drug-likeness (QED) is 0.851. The Morgan fingerprint density at radius 3 is 2.44 bits per heavy atom. The van der Waals surface area contributed by atoms with Crippen LogP contribution in [-0.4, -0.2) is 21.1 Å². The Balaban J connectivity index is 2.13. The van der Waals surface area contributed by atoms with Gasteiger partial charge in [-0.1, -0.05) is 39.0 Å². The van der Waals surface area contributed by atoms with Gasteiger partial charge in [-0.05, 0) is 12.1 Å². The summed E-state index contributed by atoms with van der Waals surface area (Å²) >= 11 is 0.